The highest BCUT2D eigenvalue weighted by atomic mass is 19.1. The Morgan fingerprint density at radius 2 is 1.96 bits per heavy atom. The molecule has 6 nitrogen and oxygen atoms in total. The van der Waals surface area contributed by atoms with E-state index >= 15 is 0 Å². The molecule has 140 valence electrons. The number of imidazole rings is 1. The number of aliphatic hydroxyl groups is 1. The number of fused-ring (bicyclic) bond motifs is 1. The molecule has 7 heteroatoms. The molecule has 1 aliphatic heterocycles. The standard InChI is InChI=1S/C21H18FN5O/c1-21(2,28)16-8-10-26-18(12-25-20(26)19(16)22)17-7-9-24-13-27(17)15-5-3-14(11-23)4-6-15/h3-10,12-13,17,28H,1-2H3. The summed E-state index contributed by atoms with van der Waals surface area (Å²) in [5, 5.41) is 19.2. The van der Waals surface area contributed by atoms with Crippen molar-refractivity contribution in [2.75, 3.05) is 4.90 Å². The largest absolute Gasteiger partial charge is 0.386 e. The first-order chi connectivity index (χ1) is 13.4. The van der Waals surface area contributed by atoms with Gasteiger partial charge in [0.2, 0.25) is 0 Å². The van der Waals surface area contributed by atoms with Gasteiger partial charge in [-0.15, -0.1) is 0 Å². The molecule has 28 heavy (non-hydrogen) atoms. The van der Waals surface area contributed by atoms with Gasteiger partial charge in [-0.2, -0.15) is 5.26 Å². The van der Waals surface area contributed by atoms with Gasteiger partial charge in [0.15, 0.2) is 11.5 Å². The number of rotatable bonds is 3. The summed E-state index contributed by atoms with van der Waals surface area (Å²) in [4.78, 5) is 10.4. The number of nitriles is 1. The molecule has 0 bridgehead atoms. The highest BCUT2D eigenvalue weighted by Gasteiger charge is 2.27. The van der Waals surface area contributed by atoms with Crippen LogP contribution in [0.25, 0.3) is 5.65 Å². The Morgan fingerprint density at radius 3 is 2.64 bits per heavy atom. The lowest BCUT2D eigenvalue weighted by Crippen LogP contribution is -2.28. The molecule has 0 amide bonds. The number of halogens is 1. The molecule has 1 aliphatic rings. The van der Waals surface area contributed by atoms with Gasteiger partial charge < -0.3 is 10.0 Å². The van der Waals surface area contributed by atoms with Gasteiger partial charge in [0.05, 0.1) is 41.5 Å². The average molecular weight is 375 g/mol. The molecule has 2 aromatic heterocycles. The fraction of sp³-hybridized carbons (Fsp3) is 0.190. The molecule has 0 fully saturated rings. The predicted molar refractivity (Wildman–Crippen MR) is 104 cm³/mol. The van der Waals surface area contributed by atoms with Crippen molar-refractivity contribution in [3.05, 3.63) is 77.6 Å². The fourth-order valence-electron chi connectivity index (χ4n) is 3.31. The molecule has 3 aromatic rings. The Kier molecular flexibility index (Phi) is 4.21. The third-order valence-corrected chi connectivity index (χ3v) is 4.75. The molecule has 1 aromatic carbocycles. The number of anilines is 1. The maximum Gasteiger partial charge on any atom is 0.173 e. The van der Waals surface area contributed by atoms with E-state index in [4.69, 9.17) is 5.26 Å². The summed E-state index contributed by atoms with van der Waals surface area (Å²) >= 11 is 0. The van der Waals surface area contributed by atoms with Crippen LogP contribution >= 0.6 is 0 Å². The summed E-state index contributed by atoms with van der Waals surface area (Å²) in [5.41, 5.74) is 1.22. The van der Waals surface area contributed by atoms with E-state index in [2.05, 4.69) is 16.0 Å². The van der Waals surface area contributed by atoms with Crippen molar-refractivity contribution in [3.8, 4) is 6.07 Å². The number of aliphatic imine (C=N–C) groups is 1. The van der Waals surface area contributed by atoms with Crippen LogP contribution in [0.2, 0.25) is 0 Å². The van der Waals surface area contributed by atoms with Gasteiger partial charge in [-0.3, -0.25) is 4.40 Å². The number of nitrogens with zero attached hydrogens (tertiary/aromatic N) is 5. The third kappa shape index (κ3) is 2.94. The average Bonchev–Trinajstić information content (AvgIpc) is 3.12. The molecule has 1 atom stereocenters. The Balaban J connectivity index is 1.79. The van der Waals surface area contributed by atoms with Gasteiger partial charge in [-0.1, -0.05) is 0 Å². The van der Waals surface area contributed by atoms with Crippen molar-refractivity contribution in [1.82, 2.24) is 9.38 Å². The van der Waals surface area contributed by atoms with Crippen molar-refractivity contribution >= 4 is 17.7 Å². The second-order valence-electron chi connectivity index (χ2n) is 7.10. The number of pyridine rings is 1. The van der Waals surface area contributed by atoms with Crippen molar-refractivity contribution in [3.63, 3.8) is 0 Å². The Bertz CT molecular complexity index is 1130. The molecule has 0 aliphatic carbocycles. The fourth-order valence-corrected chi connectivity index (χ4v) is 3.31. The molecule has 0 radical (unpaired) electrons. The molecule has 0 saturated carbocycles. The summed E-state index contributed by atoms with van der Waals surface area (Å²) < 4.78 is 16.6. The van der Waals surface area contributed by atoms with E-state index in [1.54, 1.807) is 61.4 Å². The summed E-state index contributed by atoms with van der Waals surface area (Å²) in [6.45, 7) is 3.08. The lowest BCUT2D eigenvalue weighted by molar-refractivity contribution is 0.0746. The summed E-state index contributed by atoms with van der Waals surface area (Å²) in [6, 6.07) is 10.6. The molecule has 0 saturated heterocycles. The minimum Gasteiger partial charge on any atom is -0.386 e. The SMILES string of the molecule is CC(C)(O)c1ccn2c(C3C=CN=CN3c3ccc(C#N)cc3)cnc2c1F. The quantitative estimate of drug-likeness (QED) is 0.758. The van der Waals surface area contributed by atoms with E-state index in [1.807, 2.05) is 23.1 Å². The Morgan fingerprint density at radius 1 is 1.21 bits per heavy atom. The van der Waals surface area contributed by atoms with E-state index in [0.29, 0.717) is 5.56 Å². The van der Waals surface area contributed by atoms with E-state index in [0.717, 1.165) is 11.4 Å². The minimum absolute atomic E-state index is 0.158. The number of benzene rings is 1. The zero-order valence-corrected chi connectivity index (χ0v) is 15.4. The van der Waals surface area contributed by atoms with Crippen LogP contribution in [-0.2, 0) is 5.60 Å². The lowest BCUT2D eigenvalue weighted by Gasteiger charge is -2.29. The summed E-state index contributed by atoms with van der Waals surface area (Å²) in [7, 11) is 0. The Labute approximate surface area is 161 Å². The monoisotopic (exact) mass is 375 g/mol. The molecule has 3 heterocycles. The van der Waals surface area contributed by atoms with Gasteiger partial charge in [0, 0.05) is 23.6 Å². The Hall–Kier alpha value is -3.50. The lowest BCUT2D eigenvalue weighted by atomic mass is 9.99. The first-order valence-corrected chi connectivity index (χ1v) is 8.77. The zero-order valence-electron chi connectivity index (χ0n) is 15.4. The summed E-state index contributed by atoms with van der Waals surface area (Å²) in [6.07, 6.45) is 8.60. The van der Waals surface area contributed by atoms with E-state index in [-0.39, 0.29) is 17.3 Å². The first-order valence-electron chi connectivity index (χ1n) is 8.77. The van der Waals surface area contributed by atoms with Crippen LogP contribution in [0.3, 0.4) is 0 Å². The van der Waals surface area contributed by atoms with Crippen LogP contribution in [0.5, 0.6) is 0 Å². The second-order valence-corrected chi connectivity index (χ2v) is 7.10. The van der Waals surface area contributed by atoms with Gasteiger partial charge in [0.25, 0.3) is 0 Å². The highest BCUT2D eigenvalue weighted by Crippen LogP contribution is 2.32. The maximum absolute atomic E-state index is 14.9. The van der Waals surface area contributed by atoms with Crippen molar-refractivity contribution in [2.24, 2.45) is 4.99 Å². The van der Waals surface area contributed by atoms with E-state index < -0.39 is 11.4 Å². The van der Waals surface area contributed by atoms with E-state index in [1.165, 1.54) is 0 Å². The molecular weight excluding hydrogens is 357 g/mol. The molecule has 4 rings (SSSR count). The molecular formula is C21H18FN5O. The first kappa shape index (κ1) is 17.9. The van der Waals surface area contributed by atoms with Crippen molar-refractivity contribution in [1.29, 1.82) is 5.26 Å². The van der Waals surface area contributed by atoms with Crippen LogP contribution < -0.4 is 4.90 Å². The van der Waals surface area contributed by atoms with Crippen LogP contribution in [0.4, 0.5) is 10.1 Å². The maximum atomic E-state index is 14.9. The van der Waals surface area contributed by atoms with Crippen molar-refractivity contribution < 1.29 is 9.50 Å². The minimum atomic E-state index is -1.30. The number of hydrogen-bond acceptors (Lipinski definition) is 5. The normalized spacial score (nSPS) is 16.5. The van der Waals surface area contributed by atoms with Gasteiger partial charge >= 0.3 is 0 Å². The molecule has 0 spiro atoms. The van der Waals surface area contributed by atoms with E-state index in [9.17, 15) is 9.50 Å². The van der Waals surface area contributed by atoms with Gasteiger partial charge in [-0.25, -0.2) is 14.4 Å². The highest BCUT2D eigenvalue weighted by molar-refractivity contribution is 5.82. The van der Waals surface area contributed by atoms with Crippen LogP contribution in [-0.4, -0.2) is 20.8 Å². The van der Waals surface area contributed by atoms with Crippen molar-refractivity contribution in [2.45, 2.75) is 25.5 Å². The van der Waals surface area contributed by atoms with Crippen LogP contribution in [0.1, 0.15) is 36.7 Å². The predicted octanol–water partition coefficient (Wildman–Crippen LogP) is 3.68. The number of hydrogen-bond donors (Lipinski definition) is 1. The van der Waals surface area contributed by atoms with Crippen LogP contribution in [0.15, 0.2) is 60.0 Å². The van der Waals surface area contributed by atoms with Crippen LogP contribution in [0, 0.1) is 17.1 Å². The smallest absolute Gasteiger partial charge is 0.173 e. The number of aromatic nitrogens is 2. The second kappa shape index (κ2) is 6.59. The molecule has 1 unspecified atom stereocenters. The zero-order chi connectivity index (χ0) is 19.9. The third-order valence-electron chi connectivity index (χ3n) is 4.75. The molecule has 1 N–H and O–H groups in total. The summed E-state index contributed by atoms with van der Waals surface area (Å²) in [5.74, 6) is -0.542. The topological polar surface area (TPSA) is 76.9 Å². The van der Waals surface area contributed by atoms with Gasteiger partial charge in [-0.05, 0) is 50.3 Å². The van der Waals surface area contributed by atoms with Gasteiger partial charge in [0.1, 0.15) is 0 Å².